The van der Waals surface area contributed by atoms with Crippen molar-refractivity contribution in [1.82, 2.24) is 0 Å². The van der Waals surface area contributed by atoms with Crippen molar-refractivity contribution in [3.63, 3.8) is 0 Å². The molecule has 0 saturated carbocycles. The summed E-state index contributed by atoms with van der Waals surface area (Å²) in [5.41, 5.74) is 0.771. The Bertz CT molecular complexity index is 619. The Morgan fingerprint density at radius 1 is 1.10 bits per heavy atom. The van der Waals surface area contributed by atoms with E-state index >= 15 is 0 Å². The van der Waals surface area contributed by atoms with Gasteiger partial charge in [-0.2, -0.15) is 0 Å². The maximum Gasteiger partial charge on any atom is 0.146 e. The van der Waals surface area contributed by atoms with Gasteiger partial charge < -0.3 is 10.1 Å². The van der Waals surface area contributed by atoms with Crippen LogP contribution >= 0.6 is 15.9 Å². The van der Waals surface area contributed by atoms with E-state index in [1.807, 2.05) is 0 Å². The van der Waals surface area contributed by atoms with Crippen LogP contribution in [-0.4, -0.2) is 7.11 Å². The van der Waals surface area contributed by atoms with Crippen molar-refractivity contribution in [1.29, 1.82) is 0 Å². The minimum atomic E-state index is -0.389. The third-order valence-electron chi connectivity index (χ3n) is 2.97. The van der Waals surface area contributed by atoms with Crippen LogP contribution in [0.25, 0.3) is 0 Å². The zero-order valence-electron chi connectivity index (χ0n) is 11.1. The van der Waals surface area contributed by atoms with Crippen LogP contribution in [0.1, 0.15) is 18.5 Å². The van der Waals surface area contributed by atoms with Crippen molar-refractivity contribution in [2.75, 3.05) is 12.4 Å². The molecule has 0 aliphatic rings. The fraction of sp³-hybridized carbons (Fsp3) is 0.200. The summed E-state index contributed by atoms with van der Waals surface area (Å²) in [6.07, 6.45) is 0. The number of anilines is 1. The van der Waals surface area contributed by atoms with Gasteiger partial charge in [0.15, 0.2) is 0 Å². The van der Waals surface area contributed by atoms with E-state index in [0.717, 1.165) is 4.47 Å². The molecule has 0 aliphatic heterocycles. The Morgan fingerprint density at radius 3 is 2.50 bits per heavy atom. The second-order valence-corrected chi connectivity index (χ2v) is 5.29. The fourth-order valence-electron chi connectivity index (χ4n) is 1.91. The van der Waals surface area contributed by atoms with Crippen molar-refractivity contribution in [2.24, 2.45) is 0 Å². The zero-order valence-corrected chi connectivity index (χ0v) is 12.7. The van der Waals surface area contributed by atoms with E-state index < -0.39 is 0 Å². The third kappa shape index (κ3) is 3.28. The van der Waals surface area contributed by atoms with Crippen molar-refractivity contribution in [3.05, 3.63) is 58.1 Å². The van der Waals surface area contributed by atoms with E-state index in [1.165, 1.54) is 19.2 Å². The first-order chi connectivity index (χ1) is 9.51. The molecule has 106 valence electrons. The van der Waals surface area contributed by atoms with Gasteiger partial charge in [0.2, 0.25) is 0 Å². The molecule has 2 aromatic carbocycles. The predicted octanol–water partition coefficient (Wildman–Crippen LogP) is 4.91. The molecule has 2 aromatic rings. The minimum Gasteiger partial charge on any atom is -0.497 e. The third-order valence-corrected chi connectivity index (χ3v) is 3.47. The number of ether oxygens (including phenoxy) is 1. The molecular weight excluding hydrogens is 328 g/mol. The summed E-state index contributed by atoms with van der Waals surface area (Å²) in [5.74, 6) is -0.319. The summed E-state index contributed by atoms with van der Waals surface area (Å²) in [5, 5.41) is 2.96. The predicted molar refractivity (Wildman–Crippen MR) is 79.1 cm³/mol. The van der Waals surface area contributed by atoms with Crippen LogP contribution in [-0.2, 0) is 0 Å². The first-order valence-electron chi connectivity index (χ1n) is 6.06. The van der Waals surface area contributed by atoms with Crippen molar-refractivity contribution < 1.29 is 13.5 Å². The lowest BCUT2D eigenvalue weighted by atomic mass is 10.1. The van der Waals surface area contributed by atoms with Gasteiger partial charge in [-0.25, -0.2) is 8.78 Å². The van der Waals surface area contributed by atoms with Gasteiger partial charge in [-0.1, -0.05) is 22.0 Å². The molecule has 2 rings (SSSR count). The van der Waals surface area contributed by atoms with Gasteiger partial charge in [-0.15, -0.1) is 0 Å². The van der Waals surface area contributed by atoms with Crippen LogP contribution < -0.4 is 10.1 Å². The lowest BCUT2D eigenvalue weighted by Crippen LogP contribution is -2.10. The summed E-state index contributed by atoms with van der Waals surface area (Å²) in [6, 6.07) is 8.82. The fourth-order valence-corrected chi connectivity index (χ4v) is 2.27. The topological polar surface area (TPSA) is 21.3 Å². The average Bonchev–Trinajstić information content (AvgIpc) is 2.42. The highest BCUT2D eigenvalue weighted by Gasteiger charge is 2.13. The average molecular weight is 342 g/mol. The molecule has 1 unspecified atom stereocenters. The maximum absolute atomic E-state index is 13.9. The van der Waals surface area contributed by atoms with E-state index in [1.54, 1.807) is 31.2 Å². The first kappa shape index (κ1) is 14.8. The van der Waals surface area contributed by atoms with Crippen LogP contribution in [0.4, 0.5) is 14.5 Å². The molecule has 0 spiro atoms. The van der Waals surface area contributed by atoms with Crippen molar-refractivity contribution in [3.8, 4) is 5.75 Å². The van der Waals surface area contributed by atoms with Crippen LogP contribution in [0.15, 0.2) is 40.9 Å². The Morgan fingerprint density at radius 2 is 1.85 bits per heavy atom. The highest BCUT2D eigenvalue weighted by atomic mass is 79.9. The molecule has 0 saturated heterocycles. The molecule has 5 heteroatoms. The minimum absolute atomic E-state index is 0.321. The Kier molecular flexibility index (Phi) is 4.60. The molecule has 0 radical (unpaired) electrons. The van der Waals surface area contributed by atoms with Gasteiger partial charge in [-0.05, 0) is 31.2 Å². The molecule has 0 fully saturated rings. The Labute approximate surface area is 124 Å². The highest BCUT2D eigenvalue weighted by Crippen LogP contribution is 2.27. The number of nitrogens with one attached hydrogen (secondary N) is 1. The Balaban J connectivity index is 2.23. The number of benzene rings is 2. The standard InChI is InChI=1S/C15H14BrF2NO/c1-9(12-5-4-11(20-2)8-14(12)18)19-15-7-10(16)3-6-13(15)17/h3-9,19H,1-2H3. The SMILES string of the molecule is COc1ccc(C(C)Nc2cc(Br)ccc2F)c(F)c1. The van der Waals surface area contributed by atoms with E-state index in [4.69, 9.17) is 4.74 Å². The van der Waals surface area contributed by atoms with Gasteiger partial charge in [0.1, 0.15) is 17.4 Å². The zero-order chi connectivity index (χ0) is 14.7. The number of halogens is 3. The van der Waals surface area contributed by atoms with Gasteiger partial charge >= 0.3 is 0 Å². The van der Waals surface area contributed by atoms with Gasteiger partial charge in [-0.3, -0.25) is 0 Å². The number of hydrogen-bond donors (Lipinski definition) is 1. The molecule has 0 heterocycles. The molecule has 1 N–H and O–H groups in total. The number of methoxy groups -OCH3 is 1. The highest BCUT2D eigenvalue weighted by molar-refractivity contribution is 9.10. The van der Waals surface area contributed by atoms with E-state index in [0.29, 0.717) is 17.0 Å². The molecule has 2 nitrogen and oxygen atoms in total. The maximum atomic E-state index is 13.9. The number of hydrogen-bond acceptors (Lipinski definition) is 2. The van der Waals surface area contributed by atoms with Crippen LogP contribution in [0.5, 0.6) is 5.75 Å². The molecule has 0 aromatic heterocycles. The summed E-state index contributed by atoms with van der Waals surface area (Å²) in [4.78, 5) is 0. The molecule has 1 atom stereocenters. The van der Waals surface area contributed by atoms with E-state index in [9.17, 15) is 8.78 Å². The largest absolute Gasteiger partial charge is 0.497 e. The van der Waals surface area contributed by atoms with Gasteiger partial charge in [0, 0.05) is 16.1 Å². The summed E-state index contributed by atoms with van der Waals surface area (Å²) < 4.78 is 33.3. The molecule has 0 amide bonds. The van der Waals surface area contributed by atoms with E-state index in [2.05, 4.69) is 21.2 Å². The van der Waals surface area contributed by atoms with E-state index in [-0.39, 0.29) is 17.7 Å². The molecular formula is C15H14BrF2NO. The van der Waals surface area contributed by atoms with Crippen LogP contribution in [0, 0.1) is 11.6 Å². The smallest absolute Gasteiger partial charge is 0.146 e. The Hall–Kier alpha value is -1.62. The van der Waals surface area contributed by atoms with Crippen LogP contribution in [0.3, 0.4) is 0 Å². The lowest BCUT2D eigenvalue weighted by Gasteiger charge is -2.17. The second-order valence-electron chi connectivity index (χ2n) is 4.38. The van der Waals surface area contributed by atoms with Crippen molar-refractivity contribution in [2.45, 2.75) is 13.0 Å². The quantitative estimate of drug-likeness (QED) is 0.853. The lowest BCUT2D eigenvalue weighted by molar-refractivity contribution is 0.410. The second kappa shape index (κ2) is 6.22. The molecule has 0 bridgehead atoms. The number of rotatable bonds is 4. The van der Waals surface area contributed by atoms with Gasteiger partial charge in [0.25, 0.3) is 0 Å². The summed E-state index contributed by atoms with van der Waals surface area (Å²) in [6.45, 7) is 1.77. The molecule has 20 heavy (non-hydrogen) atoms. The van der Waals surface area contributed by atoms with Gasteiger partial charge in [0.05, 0.1) is 18.8 Å². The van der Waals surface area contributed by atoms with Crippen LogP contribution in [0.2, 0.25) is 0 Å². The molecule has 0 aliphatic carbocycles. The monoisotopic (exact) mass is 341 g/mol. The first-order valence-corrected chi connectivity index (χ1v) is 6.85. The van der Waals surface area contributed by atoms with Crippen molar-refractivity contribution >= 4 is 21.6 Å². The summed E-state index contributed by atoms with van der Waals surface area (Å²) >= 11 is 3.28. The normalized spacial score (nSPS) is 12.1. The summed E-state index contributed by atoms with van der Waals surface area (Å²) in [7, 11) is 1.48.